The molecule has 1 amide bonds. The summed E-state index contributed by atoms with van der Waals surface area (Å²) in [5.41, 5.74) is 0. The Balaban J connectivity index is 2.17. The normalized spacial score (nSPS) is 11.5. The molecule has 0 saturated carbocycles. The van der Waals surface area contributed by atoms with Crippen molar-refractivity contribution < 1.29 is 22.7 Å². The van der Waals surface area contributed by atoms with Crippen molar-refractivity contribution >= 4 is 33.2 Å². The summed E-state index contributed by atoms with van der Waals surface area (Å²) in [4.78, 5) is 15.2. The van der Waals surface area contributed by atoms with E-state index in [2.05, 4.69) is 31.0 Å². The monoisotopic (exact) mass is 332 g/mol. The molecule has 4 nitrogen and oxygen atoms in total. The number of amides is 1. The van der Waals surface area contributed by atoms with Gasteiger partial charge in [-0.1, -0.05) is 0 Å². The highest BCUT2D eigenvalue weighted by Gasteiger charge is 2.27. The minimum absolute atomic E-state index is 0.00606. The van der Waals surface area contributed by atoms with Gasteiger partial charge < -0.3 is 10.1 Å². The molecule has 0 saturated heterocycles. The molecule has 0 aromatic carbocycles. The lowest BCUT2D eigenvalue weighted by atomic mass is 10.5. The van der Waals surface area contributed by atoms with Crippen LogP contribution in [0.2, 0.25) is 0 Å². The van der Waals surface area contributed by atoms with Crippen LogP contribution < -0.4 is 5.32 Å². The lowest BCUT2D eigenvalue weighted by molar-refractivity contribution is -0.173. The third-order valence-electron chi connectivity index (χ3n) is 1.47. The van der Waals surface area contributed by atoms with E-state index < -0.39 is 18.7 Å². The molecule has 0 unspecified atom stereocenters. The number of rotatable bonds is 5. The maximum atomic E-state index is 11.7. The number of aromatic nitrogens is 1. The smallest absolute Gasteiger partial charge is 0.370 e. The van der Waals surface area contributed by atoms with Crippen LogP contribution in [0.3, 0.4) is 0 Å². The minimum atomic E-state index is -4.34. The predicted octanol–water partition coefficient (Wildman–Crippen LogP) is 2.21. The predicted molar refractivity (Wildman–Crippen MR) is 59.0 cm³/mol. The van der Waals surface area contributed by atoms with E-state index >= 15 is 0 Å². The number of ether oxygens (including phenoxy) is 1. The van der Waals surface area contributed by atoms with E-state index in [9.17, 15) is 18.0 Å². The number of nitrogens with one attached hydrogen (secondary N) is 1. The molecular weight excluding hydrogens is 325 g/mol. The highest BCUT2D eigenvalue weighted by Crippen LogP contribution is 2.15. The van der Waals surface area contributed by atoms with E-state index in [-0.39, 0.29) is 18.2 Å². The summed E-state index contributed by atoms with van der Waals surface area (Å²) >= 11 is 4.22. The maximum Gasteiger partial charge on any atom is 0.411 e. The Labute approximate surface area is 107 Å². The van der Waals surface area contributed by atoms with Crippen molar-refractivity contribution in [3.63, 3.8) is 0 Å². The second kappa shape index (κ2) is 6.31. The van der Waals surface area contributed by atoms with Gasteiger partial charge in [-0.25, -0.2) is 4.98 Å². The van der Waals surface area contributed by atoms with Crippen LogP contribution in [0.1, 0.15) is 9.80 Å². The first-order chi connectivity index (χ1) is 7.88. The number of halogens is 4. The average molecular weight is 333 g/mol. The van der Waals surface area contributed by atoms with Gasteiger partial charge in [0.05, 0.1) is 6.61 Å². The van der Waals surface area contributed by atoms with Gasteiger partial charge in [0, 0.05) is 11.9 Å². The Bertz CT molecular complexity index is 383. The zero-order valence-corrected chi connectivity index (χ0v) is 10.8. The number of thiazole rings is 1. The molecule has 0 spiro atoms. The van der Waals surface area contributed by atoms with E-state index in [1.54, 1.807) is 5.38 Å². The number of hydrogen-bond donors (Lipinski definition) is 1. The molecule has 17 heavy (non-hydrogen) atoms. The maximum absolute atomic E-state index is 11.7. The Hall–Kier alpha value is -0.670. The molecule has 1 N–H and O–H groups in total. The molecule has 0 aliphatic rings. The van der Waals surface area contributed by atoms with Crippen LogP contribution in [0, 0.1) is 0 Å². The molecule has 0 aliphatic heterocycles. The molecule has 0 atom stereocenters. The summed E-state index contributed by atoms with van der Waals surface area (Å²) in [6, 6.07) is 0. The van der Waals surface area contributed by atoms with Crippen molar-refractivity contribution in [2.45, 2.75) is 6.18 Å². The SMILES string of the molecule is O=C(NCCOCC(F)(F)F)c1nc(Br)cs1. The second-order valence-corrected chi connectivity index (χ2v) is 4.57. The summed E-state index contributed by atoms with van der Waals surface area (Å²) in [5.74, 6) is -0.434. The molecule has 1 aromatic heterocycles. The summed E-state index contributed by atoms with van der Waals surface area (Å²) in [5, 5.41) is 4.27. The molecule has 1 aromatic rings. The van der Waals surface area contributed by atoms with E-state index in [0.29, 0.717) is 4.60 Å². The first-order valence-electron chi connectivity index (χ1n) is 4.42. The van der Waals surface area contributed by atoms with Crippen LogP contribution in [0.15, 0.2) is 9.98 Å². The van der Waals surface area contributed by atoms with E-state index in [1.807, 2.05) is 0 Å². The van der Waals surface area contributed by atoms with Crippen LogP contribution in [0.4, 0.5) is 13.2 Å². The van der Waals surface area contributed by atoms with Gasteiger partial charge in [-0.2, -0.15) is 13.2 Å². The molecule has 0 fully saturated rings. The van der Waals surface area contributed by atoms with Crippen LogP contribution >= 0.6 is 27.3 Å². The topological polar surface area (TPSA) is 51.2 Å². The second-order valence-electron chi connectivity index (χ2n) is 2.90. The van der Waals surface area contributed by atoms with Gasteiger partial charge in [0.15, 0.2) is 5.01 Å². The number of alkyl halides is 3. The summed E-state index contributed by atoms with van der Waals surface area (Å²) in [7, 11) is 0. The zero-order chi connectivity index (χ0) is 12.9. The highest BCUT2D eigenvalue weighted by molar-refractivity contribution is 9.10. The van der Waals surface area contributed by atoms with Gasteiger partial charge in [0.1, 0.15) is 11.2 Å². The molecule has 1 heterocycles. The first-order valence-corrected chi connectivity index (χ1v) is 6.09. The van der Waals surface area contributed by atoms with Crippen molar-refractivity contribution in [3.8, 4) is 0 Å². The number of carbonyl (C=O) groups excluding carboxylic acids is 1. The molecule has 96 valence electrons. The van der Waals surface area contributed by atoms with Crippen LogP contribution in [0.25, 0.3) is 0 Å². The Morgan fingerprint density at radius 1 is 1.59 bits per heavy atom. The quantitative estimate of drug-likeness (QED) is 0.841. The van der Waals surface area contributed by atoms with Crippen molar-refractivity contribution in [2.24, 2.45) is 0 Å². The van der Waals surface area contributed by atoms with Crippen LogP contribution in [-0.4, -0.2) is 36.8 Å². The van der Waals surface area contributed by atoms with Crippen molar-refractivity contribution in [2.75, 3.05) is 19.8 Å². The van der Waals surface area contributed by atoms with Crippen LogP contribution in [-0.2, 0) is 4.74 Å². The van der Waals surface area contributed by atoms with Gasteiger partial charge in [-0.15, -0.1) is 11.3 Å². The third kappa shape index (κ3) is 5.99. The fourth-order valence-electron chi connectivity index (χ4n) is 0.859. The van der Waals surface area contributed by atoms with Gasteiger partial charge in [0.2, 0.25) is 0 Å². The molecule has 0 aliphatic carbocycles. The first kappa shape index (κ1) is 14.4. The minimum Gasteiger partial charge on any atom is -0.370 e. The number of nitrogens with zero attached hydrogens (tertiary/aromatic N) is 1. The van der Waals surface area contributed by atoms with Crippen molar-refractivity contribution in [1.29, 1.82) is 0 Å². The number of hydrogen-bond acceptors (Lipinski definition) is 4. The summed E-state index contributed by atoms with van der Waals surface area (Å²) in [6.07, 6.45) is -4.34. The Morgan fingerprint density at radius 3 is 2.82 bits per heavy atom. The van der Waals surface area contributed by atoms with Crippen molar-refractivity contribution in [3.05, 3.63) is 15.0 Å². The molecular formula is C8H8BrF3N2O2S. The molecule has 0 bridgehead atoms. The summed E-state index contributed by atoms with van der Waals surface area (Å²) < 4.78 is 39.9. The fraction of sp³-hybridized carbons (Fsp3) is 0.500. The standard InChI is InChI=1S/C8H8BrF3N2O2S/c9-5-3-17-7(14-5)6(15)13-1-2-16-4-8(10,11)12/h3H,1-2,4H2,(H,13,15). The van der Waals surface area contributed by atoms with E-state index in [4.69, 9.17) is 0 Å². The number of carbonyl (C=O) groups is 1. The highest BCUT2D eigenvalue weighted by atomic mass is 79.9. The lowest BCUT2D eigenvalue weighted by Crippen LogP contribution is -2.28. The Kier molecular flexibility index (Phi) is 5.34. The van der Waals surface area contributed by atoms with Gasteiger partial charge in [0.25, 0.3) is 5.91 Å². The average Bonchev–Trinajstić information content (AvgIpc) is 2.62. The largest absolute Gasteiger partial charge is 0.411 e. The molecule has 9 heteroatoms. The molecule has 1 rings (SSSR count). The van der Waals surface area contributed by atoms with E-state index in [1.165, 1.54) is 0 Å². The van der Waals surface area contributed by atoms with Crippen molar-refractivity contribution in [1.82, 2.24) is 10.3 Å². The summed E-state index contributed by atoms with van der Waals surface area (Å²) in [6.45, 7) is -1.50. The van der Waals surface area contributed by atoms with Gasteiger partial charge in [-0.05, 0) is 15.9 Å². The zero-order valence-electron chi connectivity index (χ0n) is 8.38. The third-order valence-corrected chi connectivity index (χ3v) is 3.02. The lowest BCUT2D eigenvalue weighted by Gasteiger charge is -2.07. The fourth-order valence-corrected chi connectivity index (χ4v) is 2.03. The molecule has 0 radical (unpaired) electrons. The van der Waals surface area contributed by atoms with Gasteiger partial charge in [-0.3, -0.25) is 4.79 Å². The van der Waals surface area contributed by atoms with Gasteiger partial charge >= 0.3 is 6.18 Å². The van der Waals surface area contributed by atoms with E-state index in [0.717, 1.165) is 11.3 Å². The van der Waals surface area contributed by atoms with Crippen LogP contribution in [0.5, 0.6) is 0 Å². The Morgan fingerprint density at radius 2 is 2.29 bits per heavy atom.